The van der Waals surface area contributed by atoms with Crippen molar-refractivity contribution >= 4 is 35.1 Å². The summed E-state index contributed by atoms with van der Waals surface area (Å²) in [7, 11) is 0. The second-order valence-electron chi connectivity index (χ2n) is 5.07. The Hall–Kier alpha value is -2.38. The largest absolute Gasteiger partial charge is 0.461 e. The summed E-state index contributed by atoms with van der Waals surface area (Å²) in [6.07, 6.45) is 0. The van der Waals surface area contributed by atoms with Crippen molar-refractivity contribution in [3.63, 3.8) is 0 Å². The third-order valence-corrected chi connectivity index (χ3v) is 4.17. The first kappa shape index (κ1) is 15.5. The zero-order valence-electron chi connectivity index (χ0n) is 12.5. The van der Waals surface area contributed by atoms with Gasteiger partial charge < -0.3 is 10.2 Å². The van der Waals surface area contributed by atoms with Crippen molar-refractivity contribution < 1.29 is 19.1 Å². The molecule has 2 aliphatic heterocycles. The molecule has 8 heteroatoms. The van der Waals surface area contributed by atoms with E-state index in [0.717, 1.165) is 4.90 Å². The minimum Gasteiger partial charge on any atom is -0.461 e. The van der Waals surface area contributed by atoms with Crippen LogP contribution >= 0.6 is 11.6 Å². The van der Waals surface area contributed by atoms with E-state index in [1.54, 1.807) is 32.0 Å². The molecule has 1 unspecified atom stereocenters. The lowest BCUT2D eigenvalue weighted by Gasteiger charge is -2.18. The van der Waals surface area contributed by atoms with Crippen LogP contribution in [0.3, 0.4) is 0 Å². The van der Waals surface area contributed by atoms with Gasteiger partial charge in [0.15, 0.2) is 0 Å². The number of carbonyl (C=O) groups excluding carboxylic acids is 3. The van der Waals surface area contributed by atoms with Crippen molar-refractivity contribution in [2.75, 3.05) is 11.5 Å². The molecule has 1 fully saturated rings. The lowest BCUT2D eigenvalue weighted by molar-refractivity contribution is -0.139. The SMILES string of the molecule is CCOC(=O)C1=C2C(=O)N(c3cccc(Cl)c3C)C(=O)C2NN1. The van der Waals surface area contributed by atoms with E-state index in [-0.39, 0.29) is 17.9 Å². The Bertz CT molecular complexity index is 759. The van der Waals surface area contributed by atoms with Gasteiger partial charge >= 0.3 is 5.97 Å². The number of hydrogen-bond donors (Lipinski definition) is 2. The van der Waals surface area contributed by atoms with E-state index in [2.05, 4.69) is 10.9 Å². The van der Waals surface area contributed by atoms with Crippen LogP contribution in [0.15, 0.2) is 29.5 Å². The molecule has 0 spiro atoms. The Kier molecular flexibility index (Phi) is 3.83. The minimum atomic E-state index is -0.916. The molecule has 1 saturated heterocycles. The number of ether oxygens (including phenoxy) is 1. The van der Waals surface area contributed by atoms with E-state index >= 15 is 0 Å². The van der Waals surface area contributed by atoms with Crippen molar-refractivity contribution in [1.29, 1.82) is 0 Å². The monoisotopic (exact) mass is 335 g/mol. The molecule has 2 N–H and O–H groups in total. The molecule has 2 aliphatic rings. The fourth-order valence-corrected chi connectivity index (χ4v) is 2.79. The summed E-state index contributed by atoms with van der Waals surface area (Å²) in [4.78, 5) is 38.2. The van der Waals surface area contributed by atoms with Crippen LogP contribution < -0.4 is 15.8 Å². The van der Waals surface area contributed by atoms with E-state index in [9.17, 15) is 14.4 Å². The molecule has 0 aliphatic carbocycles. The third-order valence-electron chi connectivity index (χ3n) is 3.76. The summed E-state index contributed by atoms with van der Waals surface area (Å²) in [6, 6.07) is 4.05. The normalized spacial score (nSPS) is 20.0. The van der Waals surface area contributed by atoms with Gasteiger partial charge in [0.2, 0.25) is 0 Å². The van der Waals surface area contributed by atoms with E-state index in [1.807, 2.05) is 0 Å². The second-order valence-corrected chi connectivity index (χ2v) is 5.48. The lowest BCUT2D eigenvalue weighted by Crippen LogP contribution is -2.43. The molecule has 1 atom stereocenters. The van der Waals surface area contributed by atoms with Crippen molar-refractivity contribution in [2.24, 2.45) is 0 Å². The number of rotatable bonds is 3. The van der Waals surface area contributed by atoms with Crippen LogP contribution in [0.1, 0.15) is 12.5 Å². The van der Waals surface area contributed by atoms with Gasteiger partial charge in [-0.3, -0.25) is 9.59 Å². The van der Waals surface area contributed by atoms with Crippen LogP contribution in [-0.4, -0.2) is 30.4 Å². The van der Waals surface area contributed by atoms with Gasteiger partial charge in [0, 0.05) is 5.02 Å². The van der Waals surface area contributed by atoms with Gasteiger partial charge in [-0.25, -0.2) is 15.1 Å². The van der Waals surface area contributed by atoms with Crippen molar-refractivity contribution in [3.05, 3.63) is 40.1 Å². The number of benzene rings is 1. The molecule has 1 aromatic carbocycles. The second kappa shape index (κ2) is 5.68. The first-order valence-corrected chi connectivity index (χ1v) is 7.41. The van der Waals surface area contributed by atoms with Crippen LogP contribution in [0.5, 0.6) is 0 Å². The Morgan fingerprint density at radius 3 is 2.83 bits per heavy atom. The van der Waals surface area contributed by atoms with Gasteiger partial charge in [-0.1, -0.05) is 17.7 Å². The zero-order valence-corrected chi connectivity index (χ0v) is 13.2. The number of nitrogens with zero attached hydrogens (tertiary/aromatic N) is 1. The average molecular weight is 336 g/mol. The highest BCUT2D eigenvalue weighted by atomic mass is 35.5. The van der Waals surface area contributed by atoms with Gasteiger partial charge in [-0.05, 0) is 31.5 Å². The highest BCUT2D eigenvalue weighted by molar-refractivity contribution is 6.35. The van der Waals surface area contributed by atoms with Crippen molar-refractivity contribution in [3.8, 4) is 0 Å². The minimum absolute atomic E-state index is 0.0302. The number of carbonyl (C=O) groups is 3. The quantitative estimate of drug-likeness (QED) is 0.628. The Balaban J connectivity index is 2.06. The molecule has 2 heterocycles. The van der Waals surface area contributed by atoms with Gasteiger partial charge in [-0.15, -0.1) is 0 Å². The average Bonchev–Trinajstić information content (AvgIpc) is 3.05. The summed E-state index contributed by atoms with van der Waals surface area (Å²) in [5.74, 6) is -1.71. The Morgan fingerprint density at radius 2 is 2.13 bits per heavy atom. The lowest BCUT2D eigenvalue weighted by atomic mass is 10.1. The molecule has 1 aromatic rings. The van der Waals surface area contributed by atoms with Crippen molar-refractivity contribution in [2.45, 2.75) is 19.9 Å². The molecule has 23 heavy (non-hydrogen) atoms. The number of esters is 1. The molecule has 2 amide bonds. The standard InChI is InChI=1S/C15H14ClN3O4/c1-3-23-15(22)12-10-11(17-18-12)14(21)19(13(10)20)9-6-4-5-8(16)7(9)2/h4-6,11,17-18H,3H2,1-2H3. The Morgan fingerprint density at radius 1 is 1.39 bits per heavy atom. The van der Waals surface area contributed by atoms with Crippen LogP contribution in [0, 0.1) is 6.92 Å². The highest BCUT2D eigenvalue weighted by Crippen LogP contribution is 2.34. The highest BCUT2D eigenvalue weighted by Gasteiger charge is 2.50. The van der Waals surface area contributed by atoms with E-state index in [1.165, 1.54) is 0 Å². The molecule has 120 valence electrons. The molecule has 0 bridgehead atoms. The summed E-state index contributed by atoms with van der Waals surface area (Å²) >= 11 is 6.07. The Labute approximate surface area is 137 Å². The predicted octanol–water partition coefficient (Wildman–Crippen LogP) is 0.815. The van der Waals surface area contributed by atoms with E-state index in [4.69, 9.17) is 16.3 Å². The number of fused-ring (bicyclic) bond motifs is 1. The number of hydrazine groups is 1. The predicted molar refractivity (Wildman–Crippen MR) is 82.4 cm³/mol. The maximum atomic E-state index is 12.7. The summed E-state index contributed by atoms with van der Waals surface area (Å²) in [5, 5.41) is 0.450. The number of nitrogens with one attached hydrogen (secondary N) is 2. The van der Waals surface area contributed by atoms with Gasteiger partial charge in [-0.2, -0.15) is 0 Å². The molecular formula is C15H14ClN3O4. The van der Waals surface area contributed by atoms with Crippen LogP contribution in [0.4, 0.5) is 5.69 Å². The number of halogens is 1. The number of amides is 2. The van der Waals surface area contributed by atoms with Gasteiger partial charge in [0.1, 0.15) is 11.7 Å². The molecule has 7 nitrogen and oxygen atoms in total. The van der Waals surface area contributed by atoms with Gasteiger partial charge in [0.25, 0.3) is 11.8 Å². The fourth-order valence-electron chi connectivity index (χ4n) is 2.62. The molecule has 0 saturated carbocycles. The zero-order chi connectivity index (χ0) is 16.7. The number of hydrogen-bond acceptors (Lipinski definition) is 6. The van der Waals surface area contributed by atoms with E-state index < -0.39 is 23.8 Å². The maximum absolute atomic E-state index is 12.7. The number of imide groups is 1. The third kappa shape index (κ3) is 2.29. The summed E-state index contributed by atoms with van der Waals surface area (Å²) in [6.45, 7) is 3.55. The van der Waals surface area contributed by atoms with Crippen LogP contribution in [0.2, 0.25) is 5.02 Å². The number of anilines is 1. The first-order valence-electron chi connectivity index (χ1n) is 7.03. The molecule has 3 rings (SSSR count). The van der Waals surface area contributed by atoms with Crippen LogP contribution in [-0.2, 0) is 19.1 Å². The first-order chi connectivity index (χ1) is 11.0. The summed E-state index contributed by atoms with van der Waals surface area (Å²) < 4.78 is 4.90. The maximum Gasteiger partial charge on any atom is 0.356 e. The summed E-state index contributed by atoms with van der Waals surface area (Å²) in [5.41, 5.74) is 6.26. The van der Waals surface area contributed by atoms with Crippen LogP contribution in [0.25, 0.3) is 0 Å². The fraction of sp³-hybridized carbons (Fsp3) is 0.267. The molecular weight excluding hydrogens is 322 g/mol. The smallest absolute Gasteiger partial charge is 0.356 e. The molecule has 0 aromatic heterocycles. The van der Waals surface area contributed by atoms with E-state index in [0.29, 0.717) is 16.3 Å². The van der Waals surface area contributed by atoms with Gasteiger partial charge in [0.05, 0.1) is 17.9 Å². The topological polar surface area (TPSA) is 87.7 Å². The van der Waals surface area contributed by atoms with Crippen molar-refractivity contribution in [1.82, 2.24) is 10.9 Å². The molecule has 0 radical (unpaired) electrons.